The van der Waals surface area contributed by atoms with Crippen LogP contribution < -0.4 is 11.1 Å². The second-order valence-electron chi connectivity index (χ2n) is 4.97. The molecule has 17 heavy (non-hydrogen) atoms. The Morgan fingerprint density at radius 2 is 2.29 bits per heavy atom. The number of hydrogen-bond acceptors (Lipinski definition) is 3. The Labute approximate surface area is 102 Å². The molecule has 0 saturated carbocycles. The first-order valence-electron chi connectivity index (χ1n) is 6.05. The van der Waals surface area contributed by atoms with E-state index in [9.17, 15) is 4.79 Å². The van der Waals surface area contributed by atoms with Crippen LogP contribution in [-0.4, -0.2) is 16.9 Å². The number of nitrogens with one attached hydrogen (secondary N) is 1. The molecular formula is C13H19N3O. The van der Waals surface area contributed by atoms with Crippen LogP contribution in [0.25, 0.3) is 0 Å². The number of carbonyl (C=O) groups excluding carboxylic acids is 1. The summed E-state index contributed by atoms with van der Waals surface area (Å²) < 4.78 is 0. The highest BCUT2D eigenvalue weighted by Crippen LogP contribution is 2.34. The van der Waals surface area contributed by atoms with Gasteiger partial charge in [-0.25, -0.2) is 0 Å². The van der Waals surface area contributed by atoms with E-state index in [1.54, 1.807) is 12.4 Å². The van der Waals surface area contributed by atoms with Crippen LogP contribution in [0.5, 0.6) is 0 Å². The summed E-state index contributed by atoms with van der Waals surface area (Å²) in [6.45, 7) is 4.23. The van der Waals surface area contributed by atoms with Crippen LogP contribution in [0, 0.1) is 11.8 Å². The Bertz CT molecular complexity index is 393. The number of pyridine rings is 1. The van der Waals surface area contributed by atoms with Gasteiger partial charge in [-0.2, -0.15) is 0 Å². The summed E-state index contributed by atoms with van der Waals surface area (Å²) >= 11 is 0. The second-order valence-corrected chi connectivity index (χ2v) is 4.97. The Morgan fingerprint density at radius 1 is 1.53 bits per heavy atom. The van der Waals surface area contributed by atoms with Crippen LogP contribution in [0.15, 0.2) is 24.5 Å². The van der Waals surface area contributed by atoms with Crippen molar-refractivity contribution in [1.29, 1.82) is 0 Å². The summed E-state index contributed by atoms with van der Waals surface area (Å²) in [4.78, 5) is 15.7. The van der Waals surface area contributed by atoms with Gasteiger partial charge in [0.15, 0.2) is 0 Å². The van der Waals surface area contributed by atoms with Crippen molar-refractivity contribution in [3.63, 3.8) is 0 Å². The number of aromatic nitrogens is 1. The van der Waals surface area contributed by atoms with Crippen LogP contribution >= 0.6 is 0 Å². The number of rotatable bonds is 2. The first-order valence-corrected chi connectivity index (χ1v) is 6.05. The lowest BCUT2D eigenvalue weighted by molar-refractivity contribution is -0.125. The van der Waals surface area contributed by atoms with Crippen LogP contribution in [0.3, 0.4) is 0 Å². The number of piperidine rings is 1. The fourth-order valence-electron chi connectivity index (χ4n) is 2.82. The molecule has 1 aromatic heterocycles. The predicted octanol–water partition coefficient (Wildman–Crippen LogP) is 1.24. The Morgan fingerprint density at radius 3 is 2.88 bits per heavy atom. The summed E-state index contributed by atoms with van der Waals surface area (Å²) in [6.07, 6.45) is 4.52. The molecule has 1 aliphatic rings. The zero-order valence-corrected chi connectivity index (χ0v) is 10.3. The van der Waals surface area contributed by atoms with Gasteiger partial charge in [-0.05, 0) is 30.9 Å². The lowest BCUT2D eigenvalue weighted by Crippen LogP contribution is -2.49. The third-order valence-corrected chi connectivity index (χ3v) is 3.53. The quantitative estimate of drug-likeness (QED) is 0.807. The summed E-state index contributed by atoms with van der Waals surface area (Å²) in [6, 6.07) is 4.26. The summed E-state index contributed by atoms with van der Waals surface area (Å²) in [5, 5.41) is 3.45. The molecule has 0 bridgehead atoms. The number of carbonyl (C=O) groups is 1. The van der Waals surface area contributed by atoms with E-state index in [0.29, 0.717) is 12.0 Å². The highest BCUT2D eigenvalue weighted by Gasteiger charge is 2.37. The van der Waals surface area contributed by atoms with Gasteiger partial charge in [0.2, 0.25) is 5.91 Å². The molecule has 1 aliphatic heterocycles. The molecule has 1 saturated heterocycles. The monoisotopic (exact) mass is 233 g/mol. The average Bonchev–Trinajstić information content (AvgIpc) is 2.28. The molecule has 0 aromatic carbocycles. The minimum absolute atomic E-state index is 0.0139. The summed E-state index contributed by atoms with van der Waals surface area (Å²) in [5.41, 5.74) is 6.57. The van der Waals surface area contributed by atoms with Crippen LogP contribution in [0.2, 0.25) is 0 Å². The fourth-order valence-corrected chi connectivity index (χ4v) is 2.82. The van der Waals surface area contributed by atoms with E-state index in [-0.39, 0.29) is 17.9 Å². The van der Waals surface area contributed by atoms with Crippen molar-refractivity contribution in [3.05, 3.63) is 30.1 Å². The van der Waals surface area contributed by atoms with Crippen molar-refractivity contribution >= 4 is 5.91 Å². The lowest BCUT2D eigenvalue weighted by Gasteiger charge is -2.39. The van der Waals surface area contributed by atoms with Crippen LogP contribution in [0.1, 0.15) is 31.9 Å². The van der Waals surface area contributed by atoms with E-state index in [1.165, 1.54) is 0 Å². The van der Waals surface area contributed by atoms with Gasteiger partial charge in [-0.3, -0.25) is 9.78 Å². The Balaban J connectivity index is 2.31. The molecule has 1 aromatic rings. The summed E-state index contributed by atoms with van der Waals surface area (Å²) in [5.74, 6) is -0.0879. The van der Waals surface area contributed by atoms with E-state index in [0.717, 1.165) is 12.0 Å². The highest BCUT2D eigenvalue weighted by atomic mass is 16.1. The van der Waals surface area contributed by atoms with E-state index < -0.39 is 0 Å². The van der Waals surface area contributed by atoms with Crippen molar-refractivity contribution in [2.24, 2.45) is 17.6 Å². The number of primary amides is 1. The minimum Gasteiger partial charge on any atom is -0.369 e. The maximum atomic E-state index is 11.6. The molecule has 4 unspecified atom stereocenters. The van der Waals surface area contributed by atoms with Gasteiger partial charge in [-0.1, -0.05) is 13.0 Å². The largest absolute Gasteiger partial charge is 0.369 e. The normalized spacial score (nSPS) is 33.3. The topological polar surface area (TPSA) is 68.0 Å². The maximum Gasteiger partial charge on any atom is 0.222 e. The van der Waals surface area contributed by atoms with Gasteiger partial charge in [0.05, 0.1) is 5.92 Å². The van der Waals surface area contributed by atoms with E-state index in [2.05, 4.69) is 24.1 Å². The van der Waals surface area contributed by atoms with Gasteiger partial charge in [-0.15, -0.1) is 0 Å². The third kappa shape index (κ3) is 2.47. The van der Waals surface area contributed by atoms with Gasteiger partial charge in [0, 0.05) is 24.5 Å². The molecule has 4 nitrogen and oxygen atoms in total. The Hall–Kier alpha value is -1.42. The van der Waals surface area contributed by atoms with Gasteiger partial charge in [0.1, 0.15) is 0 Å². The SMILES string of the molecule is CC1CC(C)C(C(N)=O)C(c2cccnc2)N1. The fraction of sp³-hybridized carbons (Fsp3) is 0.538. The molecule has 3 N–H and O–H groups in total. The van der Waals surface area contributed by atoms with E-state index in [1.807, 2.05) is 12.1 Å². The molecule has 1 amide bonds. The van der Waals surface area contributed by atoms with Crippen molar-refractivity contribution in [2.75, 3.05) is 0 Å². The van der Waals surface area contributed by atoms with Crippen LogP contribution in [0.4, 0.5) is 0 Å². The van der Waals surface area contributed by atoms with Crippen LogP contribution in [-0.2, 0) is 4.79 Å². The minimum atomic E-state index is -0.231. The molecule has 4 heteroatoms. The van der Waals surface area contributed by atoms with Crippen molar-refractivity contribution in [3.8, 4) is 0 Å². The summed E-state index contributed by atoms with van der Waals surface area (Å²) in [7, 11) is 0. The molecule has 0 radical (unpaired) electrons. The highest BCUT2D eigenvalue weighted by molar-refractivity contribution is 5.78. The first kappa shape index (κ1) is 12.0. The Kier molecular flexibility index (Phi) is 3.43. The first-order chi connectivity index (χ1) is 8.09. The molecule has 92 valence electrons. The molecule has 1 fully saturated rings. The number of nitrogens with two attached hydrogens (primary N) is 1. The standard InChI is InChI=1S/C13H19N3O/c1-8-6-9(2)16-12(11(8)13(14)17)10-4-3-5-15-7-10/h3-5,7-9,11-12,16H,6H2,1-2H3,(H2,14,17). The number of amides is 1. The predicted molar refractivity (Wildman–Crippen MR) is 66.0 cm³/mol. The molecule has 0 aliphatic carbocycles. The molecule has 0 spiro atoms. The third-order valence-electron chi connectivity index (χ3n) is 3.53. The van der Waals surface area contributed by atoms with E-state index >= 15 is 0 Å². The van der Waals surface area contributed by atoms with Crippen molar-refractivity contribution in [2.45, 2.75) is 32.4 Å². The zero-order valence-electron chi connectivity index (χ0n) is 10.3. The van der Waals surface area contributed by atoms with Gasteiger partial charge in [0.25, 0.3) is 0 Å². The van der Waals surface area contributed by atoms with E-state index in [4.69, 9.17) is 5.73 Å². The number of nitrogens with zero attached hydrogens (tertiary/aromatic N) is 1. The van der Waals surface area contributed by atoms with Crippen molar-refractivity contribution < 1.29 is 4.79 Å². The van der Waals surface area contributed by atoms with Gasteiger partial charge >= 0.3 is 0 Å². The molecule has 2 rings (SSSR count). The number of hydrogen-bond donors (Lipinski definition) is 2. The average molecular weight is 233 g/mol. The smallest absolute Gasteiger partial charge is 0.222 e. The second kappa shape index (κ2) is 4.84. The van der Waals surface area contributed by atoms with Gasteiger partial charge < -0.3 is 11.1 Å². The molecule has 2 heterocycles. The zero-order chi connectivity index (χ0) is 12.4. The molecule has 4 atom stereocenters. The molecular weight excluding hydrogens is 214 g/mol. The maximum absolute atomic E-state index is 11.6. The lowest BCUT2D eigenvalue weighted by atomic mass is 9.76. The van der Waals surface area contributed by atoms with Crippen molar-refractivity contribution in [1.82, 2.24) is 10.3 Å².